The molecule has 0 saturated heterocycles. The van der Waals surface area contributed by atoms with Gasteiger partial charge in [-0.2, -0.15) is 0 Å². The number of anilines is 3. The van der Waals surface area contributed by atoms with E-state index < -0.39 is 0 Å². The molecule has 28 heavy (non-hydrogen) atoms. The van der Waals surface area contributed by atoms with E-state index in [1.807, 2.05) is 50.4 Å². The zero-order valence-corrected chi connectivity index (χ0v) is 16.3. The standard InChI is InChI=1S/C21H21ClN4O2/c1-13(28-19-11-16(22)12-25-20(19)23)14-5-3-8-18(9-14)26-21(27)15-6-4-7-17(10-15)24-2/h3-13,24H,1-2H3,(H2,23,25)(H,26,27)/t13-/m1/s1. The van der Waals surface area contributed by atoms with Crippen molar-refractivity contribution in [1.82, 2.24) is 4.98 Å². The Kier molecular flexibility index (Phi) is 6.01. The second-order valence-corrected chi connectivity index (χ2v) is 6.64. The van der Waals surface area contributed by atoms with Crippen molar-refractivity contribution in [3.8, 4) is 5.75 Å². The topological polar surface area (TPSA) is 89.3 Å². The summed E-state index contributed by atoms with van der Waals surface area (Å²) in [6, 6.07) is 16.4. The van der Waals surface area contributed by atoms with Crippen molar-refractivity contribution in [1.29, 1.82) is 0 Å². The summed E-state index contributed by atoms with van der Waals surface area (Å²) in [4.78, 5) is 16.5. The minimum absolute atomic E-state index is 0.189. The lowest BCUT2D eigenvalue weighted by atomic mass is 10.1. The van der Waals surface area contributed by atoms with Crippen LogP contribution in [0, 0.1) is 0 Å². The molecule has 0 bridgehead atoms. The summed E-state index contributed by atoms with van der Waals surface area (Å²) in [5.74, 6) is 0.495. The maximum atomic E-state index is 12.5. The molecule has 0 aliphatic heterocycles. The average Bonchev–Trinajstić information content (AvgIpc) is 2.71. The van der Waals surface area contributed by atoms with Crippen LogP contribution in [0.1, 0.15) is 28.9 Å². The van der Waals surface area contributed by atoms with E-state index in [-0.39, 0.29) is 17.8 Å². The molecule has 7 heteroatoms. The van der Waals surface area contributed by atoms with Crippen LogP contribution in [-0.4, -0.2) is 17.9 Å². The molecule has 0 spiro atoms. The zero-order valence-electron chi connectivity index (χ0n) is 15.6. The second kappa shape index (κ2) is 8.63. The summed E-state index contributed by atoms with van der Waals surface area (Å²) in [5, 5.41) is 6.37. The first-order valence-electron chi connectivity index (χ1n) is 8.73. The van der Waals surface area contributed by atoms with Crippen LogP contribution in [0.15, 0.2) is 60.8 Å². The summed E-state index contributed by atoms with van der Waals surface area (Å²) in [6.07, 6.45) is 1.15. The molecule has 1 heterocycles. The highest BCUT2D eigenvalue weighted by atomic mass is 35.5. The Hall–Kier alpha value is -3.25. The Morgan fingerprint density at radius 2 is 1.89 bits per heavy atom. The van der Waals surface area contributed by atoms with E-state index in [9.17, 15) is 4.79 Å². The number of amides is 1. The number of nitrogens with two attached hydrogens (primary N) is 1. The molecule has 1 aromatic heterocycles. The number of rotatable bonds is 6. The summed E-state index contributed by atoms with van der Waals surface area (Å²) in [6.45, 7) is 1.89. The molecule has 144 valence electrons. The Labute approximate surface area is 168 Å². The number of nitrogens with one attached hydrogen (secondary N) is 2. The van der Waals surface area contributed by atoms with Crippen molar-refractivity contribution in [3.63, 3.8) is 0 Å². The normalized spacial score (nSPS) is 11.5. The number of aromatic nitrogens is 1. The highest BCUT2D eigenvalue weighted by Crippen LogP contribution is 2.29. The van der Waals surface area contributed by atoms with Gasteiger partial charge in [-0.15, -0.1) is 0 Å². The molecule has 0 radical (unpaired) electrons. The van der Waals surface area contributed by atoms with Crippen molar-refractivity contribution in [2.75, 3.05) is 23.4 Å². The van der Waals surface area contributed by atoms with E-state index in [0.29, 0.717) is 22.0 Å². The van der Waals surface area contributed by atoms with Gasteiger partial charge in [0.05, 0.1) is 5.02 Å². The van der Waals surface area contributed by atoms with Gasteiger partial charge >= 0.3 is 0 Å². The Morgan fingerprint density at radius 3 is 2.68 bits per heavy atom. The lowest BCUT2D eigenvalue weighted by molar-refractivity contribution is 0.102. The number of ether oxygens (including phenoxy) is 1. The molecule has 1 amide bonds. The van der Waals surface area contributed by atoms with Gasteiger partial charge in [-0.3, -0.25) is 4.79 Å². The van der Waals surface area contributed by atoms with Gasteiger partial charge < -0.3 is 21.1 Å². The number of hydrogen-bond acceptors (Lipinski definition) is 5. The molecule has 0 aliphatic rings. The van der Waals surface area contributed by atoms with Crippen LogP contribution in [0.25, 0.3) is 0 Å². The molecule has 2 aromatic carbocycles. The molecule has 3 aromatic rings. The van der Waals surface area contributed by atoms with E-state index in [1.165, 1.54) is 6.20 Å². The van der Waals surface area contributed by atoms with E-state index in [0.717, 1.165) is 11.3 Å². The van der Waals surface area contributed by atoms with E-state index in [1.54, 1.807) is 18.2 Å². The highest BCUT2D eigenvalue weighted by Gasteiger charge is 2.13. The van der Waals surface area contributed by atoms with Crippen LogP contribution in [0.2, 0.25) is 5.02 Å². The van der Waals surface area contributed by atoms with Gasteiger partial charge in [0.25, 0.3) is 5.91 Å². The number of carbonyl (C=O) groups excluding carboxylic acids is 1. The van der Waals surface area contributed by atoms with Crippen molar-refractivity contribution >= 4 is 34.7 Å². The van der Waals surface area contributed by atoms with E-state index >= 15 is 0 Å². The Morgan fingerprint density at radius 1 is 1.14 bits per heavy atom. The van der Waals surface area contributed by atoms with Crippen LogP contribution in [0.4, 0.5) is 17.2 Å². The number of pyridine rings is 1. The maximum Gasteiger partial charge on any atom is 0.255 e. The molecule has 1 atom stereocenters. The summed E-state index contributed by atoms with van der Waals surface area (Å²) < 4.78 is 5.89. The smallest absolute Gasteiger partial charge is 0.255 e. The first-order valence-corrected chi connectivity index (χ1v) is 9.11. The first-order chi connectivity index (χ1) is 13.5. The number of hydrogen-bond donors (Lipinski definition) is 3. The minimum Gasteiger partial charge on any atom is -0.482 e. The number of nitrogen functional groups attached to an aromatic ring is 1. The SMILES string of the molecule is CNc1cccc(C(=O)Nc2cccc([C@@H](C)Oc3cc(Cl)cnc3N)c2)c1. The van der Waals surface area contributed by atoms with Gasteiger partial charge in [-0.25, -0.2) is 4.98 Å². The number of halogens is 1. The molecule has 6 nitrogen and oxygen atoms in total. The molecular weight excluding hydrogens is 376 g/mol. The monoisotopic (exact) mass is 396 g/mol. The van der Waals surface area contributed by atoms with Crippen LogP contribution in [0.3, 0.4) is 0 Å². The molecule has 4 N–H and O–H groups in total. The molecule has 3 rings (SSSR count). The van der Waals surface area contributed by atoms with Crippen molar-refractivity contribution < 1.29 is 9.53 Å². The maximum absolute atomic E-state index is 12.5. The zero-order chi connectivity index (χ0) is 20.1. The van der Waals surface area contributed by atoms with E-state index in [4.69, 9.17) is 22.1 Å². The number of benzene rings is 2. The average molecular weight is 397 g/mol. The van der Waals surface area contributed by atoms with Crippen LogP contribution in [0.5, 0.6) is 5.75 Å². The molecular formula is C21H21ClN4O2. The van der Waals surface area contributed by atoms with Crippen molar-refractivity contribution in [3.05, 3.63) is 76.9 Å². The second-order valence-electron chi connectivity index (χ2n) is 6.21. The van der Waals surface area contributed by atoms with Crippen LogP contribution < -0.4 is 21.1 Å². The molecule has 0 aliphatic carbocycles. The number of carbonyl (C=O) groups is 1. The first kappa shape index (κ1) is 19.5. The highest BCUT2D eigenvalue weighted by molar-refractivity contribution is 6.30. The van der Waals surface area contributed by atoms with Crippen molar-refractivity contribution in [2.45, 2.75) is 13.0 Å². The third-order valence-electron chi connectivity index (χ3n) is 4.18. The van der Waals surface area contributed by atoms with Gasteiger partial charge in [0, 0.05) is 36.2 Å². The molecule has 0 fully saturated rings. The third-order valence-corrected chi connectivity index (χ3v) is 4.39. The summed E-state index contributed by atoms with van der Waals surface area (Å²) in [5.41, 5.74) is 8.83. The van der Waals surface area contributed by atoms with Crippen molar-refractivity contribution in [2.24, 2.45) is 0 Å². The molecule has 0 saturated carbocycles. The molecule has 0 unspecified atom stereocenters. The van der Waals surface area contributed by atoms with Gasteiger partial charge in [-0.1, -0.05) is 29.8 Å². The van der Waals surface area contributed by atoms with Gasteiger partial charge in [0.2, 0.25) is 0 Å². The number of nitrogens with zero attached hydrogens (tertiary/aromatic N) is 1. The minimum atomic E-state index is -0.313. The lowest BCUT2D eigenvalue weighted by Gasteiger charge is -2.17. The summed E-state index contributed by atoms with van der Waals surface area (Å²) in [7, 11) is 1.81. The summed E-state index contributed by atoms with van der Waals surface area (Å²) >= 11 is 5.96. The Balaban J connectivity index is 1.74. The predicted octanol–water partition coefficient (Wildman–Crippen LogP) is 4.75. The van der Waals surface area contributed by atoms with Gasteiger partial charge in [0.15, 0.2) is 11.6 Å². The fourth-order valence-corrected chi connectivity index (χ4v) is 2.82. The van der Waals surface area contributed by atoms with Crippen LogP contribution in [-0.2, 0) is 0 Å². The van der Waals surface area contributed by atoms with Gasteiger partial charge in [0.1, 0.15) is 6.10 Å². The van der Waals surface area contributed by atoms with E-state index in [2.05, 4.69) is 15.6 Å². The Bertz CT molecular complexity index is 994. The fourth-order valence-electron chi connectivity index (χ4n) is 2.67. The van der Waals surface area contributed by atoms with Gasteiger partial charge in [-0.05, 0) is 42.8 Å². The lowest BCUT2D eigenvalue weighted by Crippen LogP contribution is -2.13. The predicted molar refractivity (Wildman–Crippen MR) is 113 cm³/mol. The fraction of sp³-hybridized carbons (Fsp3) is 0.143. The largest absolute Gasteiger partial charge is 0.482 e. The third kappa shape index (κ3) is 4.72. The van der Waals surface area contributed by atoms with Crippen LogP contribution >= 0.6 is 11.6 Å². The quantitative estimate of drug-likeness (QED) is 0.559.